The molecule has 0 unspecified atom stereocenters. The van der Waals surface area contributed by atoms with E-state index in [9.17, 15) is 9.59 Å². The number of hydrogen-bond donors (Lipinski definition) is 1. The van der Waals surface area contributed by atoms with Gasteiger partial charge in [-0.15, -0.1) is 11.3 Å². The Morgan fingerprint density at radius 1 is 1.23 bits per heavy atom. The number of nitrogens with zero attached hydrogens (tertiary/aromatic N) is 4. The number of carbonyl (C=O) groups excluding carboxylic acids is 2. The van der Waals surface area contributed by atoms with Gasteiger partial charge in [0.05, 0.1) is 22.6 Å². The second-order valence-corrected chi connectivity index (χ2v) is 7.87. The molecule has 0 saturated heterocycles. The van der Waals surface area contributed by atoms with E-state index in [1.165, 1.54) is 16.0 Å². The first-order valence-corrected chi connectivity index (χ1v) is 10.2. The molecule has 0 bridgehead atoms. The van der Waals surface area contributed by atoms with E-state index in [1.807, 2.05) is 23.6 Å². The highest BCUT2D eigenvalue weighted by atomic mass is 35.5. The highest BCUT2D eigenvalue weighted by Gasteiger charge is 2.22. The molecule has 0 saturated carbocycles. The number of rotatable bonds is 4. The summed E-state index contributed by atoms with van der Waals surface area (Å²) in [5.41, 5.74) is 2.02. The molecule has 1 aliphatic rings. The third-order valence-electron chi connectivity index (χ3n) is 4.41. The Kier molecular flexibility index (Phi) is 5.43. The van der Waals surface area contributed by atoms with Crippen molar-refractivity contribution in [2.24, 2.45) is 9.98 Å². The molecule has 0 aliphatic carbocycles. The van der Waals surface area contributed by atoms with E-state index < -0.39 is 5.91 Å². The van der Waals surface area contributed by atoms with Gasteiger partial charge in [-0.25, -0.2) is 4.99 Å². The fourth-order valence-electron chi connectivity index (χ4n) is 2.82. The molecule has 0 radical (unpaired) electrons. The van der Waals surface area contributed by atoms with Crippen molar-refractivity contribution >= 4 is 52.2 Å². The van der Waals surface area contributed by atoms with Gasteiger partial charge >= 0.3 is 0 Å². The van der Waals surface area contributed by atoms with Gasteiger partial charge in [-0.05, 0) is 30.0 Å². The van der Waals surface area contributed by atoms with Crippen LogP contribution in [0.3, 0.4) is 0 Å². The summed E-state index contributed by atoms with van der Waals surface area (Å²) in [7, 11) is 0. The van der Waals surface area contributed by atoms with Crippen molar-refractivity contribution in [1.29, 1.82) is 0 Å². The summed E-state index contributed by atoms with van der Waals surface area (Å²) >= 11 is 7.67. The number of hydrogen-bond acceptors (Lipinski definition) is 5. The molecular weight excluding hydrogens is 422 g/mol. The second kappa shape index (κ2) is 8.17. The molecule has 4 rings (SSSR count). The molecule has 3 heterocycles. The molecule has 7 nitrogen and oxygen atoms in total. The van der Waals surface area contributed by atoms with Gasteiger partial charge in [0.25, 0.3) is 11.9 Å². The first kappa shape index (κ1) is 19.9. The smallest absolute Gasteiger partial charge is 0.281 e. The normalized spacial score (nSPS) is 13.8. The van der Waals surface area contributed by atoms with Crippen LogP contribution in [-0.2, 0) is 16.0 Å². The molecule has 0 fully saturated rings. The van der Waals surface area contributed by atoms with E-state index in [1.54, 1.807) is 31.2 Å². The maximum absolute atomic E-state index is 12.7. The number of carbonyl (C=O) groups is 2. The number of amides is 2. The molecule has 9 heteroatoms. The van der Waals surface area contributed by atoms with Crippen molar-refractivity contribution in [2.45, 2.75) is 13.3 Å². The Bertz CT molecular complexity index is 1220. The number of benzene rings is 1. The fraction of sp³-hybridized carbons (Fsp3) is 0.0952. The quantitative estimate of drug-likeness (QED) is 0.620. The first-order chi connectivity index (χ1) is 14.4. The monoisotopic (exact) mass is 437 g/mol. The van der Waals surface area contributed by atoms with E-state index in [4.69, 9.17) is 11.6 Å². The molecule has 2 amide bonds. The lowest BCUT2D eigenvalue weighted by molar-refractivity contribution is -0.115. The molecule has 1 N–H and O–H groups in total. The average Bonchev–Trinajstić information content (AvgIpc) is 3.37. The van der Waals surface area contributed by atoms with Gasteiger partial charge in [0.1, 0.15) is 11.5 Å². The van der Waals surface area contributed by atoms with Gasteiger partial charge in [-0.1, -0.05) is 42.4 Å². The van der Waals surface area contributed by atoms with Gasteiger partial charge in [0.15, 0.2) is 0 Å². The number of thiophene rings is 1. The van der Waals surface area contributed by atoms with Crippen LogP contribution in [0.4, 0.5) is 5.82 Å². The van der Waals surface area contributed by atoms with E-state index >= 15 is 0 Å². The van der Waals surface area contributed by atoms with Crippen LogP contribution in [0.15, 0.2) is 70.0 Å². The summed E-state index contributed by atoms with van der Waals surface area (Å²) in [5, 5.41) is 9.79. The molecule has 1 aromatic carbocycles. The second-order valence-electron chi connectivity index (χ2n) is 6.51. The standard InChI is InChI=1S/C21H16ClN5O2S/c1-12-13(2)23-21(25-20(12)29)27-18(11-16(26-27)17-8-5-9-30-17)24-19(28)10-14-6-3-4-7-15(14)22/h3-9,11H,1,10H2,2H3,(H,24,28). The maximum Gasteiger partial charge on any atom is 0.281 e. The lowest BCUT2D eigenvalue weighted by Gasteiger charge is -2.13. The van der Waals surface area contributed by atoms with Crippen LogP contribution in [0.5, 0.6) is 0 Å². The Morgan fingerprint density at radius 3 is 2.73 bits per heavy atom. The zero-order chi connectivity index (χ0) is 21.3. The molecule has 0 atom stereocenters. The Hall–Kier alpha value is -3.36. The third-order valence-corrected chi connectivity index (χ3v) is 5.67. The Balaban J connectivity index is 1.69. The van der Waals surface area contributed by atoms with Crippen LogP contribution in [0, 0.1) is 0 Å². The van der Waals surface area contributed by atoms with Crippen molar-refractivity contribution in [3.05, 3.63) is 70.6 Å². The number of halogens is 1. The van der Waals surface area contributed by atoms with Crippen LogP contribution in [-0.4, -0.2) is 33.3 Å². The minimum Gasteiger partial charge on any atom is -0.310 e. The lowest BCUT2D eigenvalue weighted by Crippen LogP contribution is -2.25. The van der Waals surface area contributed by atoms with Crippen LogP contribution in [0.2, 0.25) is 5.02 Å². The summed E-state index contributed by atoms with van der Waals surface area (Å²) in [6.45, 7) is 5.35. The van der Waals surface area contributed by atoms with E-state index in [0.717, 1.165) is 4.88 Å². The van der Waals surface area contributed by atoms with E-state index in [0.29, 0.717) is 27.8 Å². The molecule has 1 aliphatic heterocycles. The predicted octanol–water partition coefficient (Wildman–Crippen LogP) is 4.21. The van der Waals surface area contributed by atoms with Gasteiger partial charge in [-0.3, -0.25) is 9.59 Å². The van der Waals surface area contributed by atoms with Gasteiger partial charge in [-0.2, -0.15) is 14.8 Å². The van der Waals surface area contributed by atoms with E-state index in [-0.39, 0.29) is 23.9 Å². The average molecular weight is 438 g/mol. The van der Waals surface area contributed by atoms with Crippen molar-refractivity contribution < 1.29 is 9.59 Å². The van der Waals surface area contributed by atoms with Gasteiger partial charge in [0, 0.05) is 11.1 Å². The highest BCUT2D eigenvalue weighted by molar-refractivity contribution is 7.13. The van der Waals surface area contributed by atoms with E-state index in [2.05, 4.69) is 27.0 Å². The van der Waals surface area contributed by atoms with Crippen LogP contribution < -0.4 is 5.32 Å². The SMILES string of the molecule is C=C1C(=O)N=C(n2nc(-c3cccs3)cc2NC(=O)Cc2ccccc2Cl)N=C1C. The Labute approximate surface area is 181 Å². The fourth-order valence-corrected chi connectivity index (χ4v) is 3.70. The number of aromatic nitrogens is 2. The number of aliphatic imine (C=N–C) groups is 2. The topological polar surface area (TPSA) is 88.7 Å². The highest BCUT2D eigenvalue weighted by Crippen LogP contribution is 2.27. The lowest BCUT2D eigenvalue weighted by atomic mass is 10.1. The minimum absolute atomic E-state index is 0.0701. The summed E-state index contributed by atoms with van der Waals surface area (Å²) < 4.78 is 1.35. The predicted molar refractivity (Wildman–Crippen MR) is 119 cm³/mol. The summed E-state index contributed by atoms with van der Waals surface area (Å²) in [6.07, 6.45) is 0.0870. The van der Waals surface area contributed by atoms with Gasteiger partial charge < -0.3 is 5.32 Å². The number of anilines is 1. The van der Waals surface area contributed by atoms with Crippen LogP contribution >= 0.6 is 22.9 Å². The largest absolute Gasteiger partial charge is 0.310 e. The Morgan fingerprint density at radius 2 is 2.03 bits per heavy atom. The minimum atomic E-state index is -0.487. The maximum atomic E-state index is 12.7. The first-order valence-electron chi connectivity index (χ1n) is 8.97. The van der Waals surface area contributed by atoms with Crippen molar-refractivity contribution in [3.63, 3.8) is 0 Å². The number of nitrogens with one attached hydrogen (secondary N) is 1. The molecule has 0 spiro atoms. The van der Waals surface area contributed by atoms with Crippen molar-refractivity contribution in [3.8, 4) is 10.6 Å². The van der Waals surface area contributed by atoms with Crippen molar-refractivity contribution in [2.75, 3.05) is 5.32 Å². The molecule has 150 valence electrons. The molecule has 3 aromatic rings. The van der Waals surface area contributed by atoms with Crippen molar-refractivity contribution in [1.82, 2.24) is 9.78 Å². The van der Waals surface area contributed by atoms with Gasteiger partial charge in [0.2, 0.25) is 5.91 Å². The third kappa shape index (κ3) is 4.00. The van der Waals surface area contributed by atoms with Crippen LogP contribution in [0.25, 0.3) is 10.6 Å². The zero-order valence-corrected chi connectivity index (χ0v) is 17.5. The molecule has 30 heavy (non-hydrogen) atoms. The zero-order valence-electron chi connectivity index (χ0n) is 15.9. The van der Waals surface area contributed by atoms with Crippen LogP contribution in [0.1, 0.15) is 12.5 Å². The molecular formula is C21H16ClN5O2S. The molecule has 2 aromatic heterocycles. The summed E-state index contributed by atoms with van der Waals surface area (Å²) in [5.74, 6) is -0.347. The summed E-state index contributed by atoms with van der Waals surface area (Å²) in [6, 6.07) is 12.7. The summed E-state index contributed by atoms with van der Waals surface area (Å²) in [4.78, 5) is 34.0.